The van der Waals surface area contributed by atoms with E-state index in [4.69, 9.17) is 11.5 Å². The normalized spacial score (nSPS) is 20.9. The molecule has 0 unspecified atom stereocenters. The van der Waals surface area contributed by atoms with Gasteiger partial charge in [-0.15, -0.1) is 0 Å². The summed E-state index contributed by atoms with van der Waals surface area (Å²) in [5, 5.41) is 39.3. The molecule has 3 fully saturated rings. The monoisotopic (exact) mass is 847 g/mol. The fourth-order valence-electron chi connectivity index (χ4n) is 7.61. The van der Waals surface area contributed by atoms with E-state index in [9.17, 15) is 53.7 Å². The topological polar surface area (TPSA) is 307 Å². The van der Waals surface area contributed by atoms with E-state index in [1.807, 2.05) is 0 Å². The van der Waals surface area contributed by atoms with Crippen LogP contribution in [0.1, 0.15) is 63.4 Å². The molecule has 0 radical (unpaired) electrons. The van der Waals surface area contributed by atoms with E-state index >= 15 is 0 Å². The highest BCUT2D eigenvalue weighted by Gasteiger charge is 2.43. The molecule has 21 heteroatoms. The lowest BCUT2D eigenvalue weighted by atomic mass is 10.0. The lowest BCUT2D eigenvalue weighted by Gasteiger charge is -2.32. The number of phenolic OH excluding ortho intramolecular Hbond substituents is 1. The number of carbonyl (C=O) groups is 8. The summed E-state index contributed by atoms with van der Waals surface area (Å²) in [5.74, 6) is -5.89. The van der Waals surface area contributed by atoms with E-state index in [0.29, 0.717) is 57.1 Å². The number of aromatic hydroxyl groups is 1. The molecule has 326 valence electrons. The third-order valence-electron chi connectivity index (χ3n) is 10.9. The molecule has 0 bridgehead atoms. The van der Waals surface area contributed by atoms with E-state index in [1.165, 1.54) is 21.9 Å². The number of thiol groups is 1. The maximum absolute atomic E-state index is 13.9. The van der Waals surface area contributed by atoms with Gasteiger partial charge in [0.15, 0.2) is 0 Å². The number of carboxylic acids is 1. The van der Waals surface area contributed by atoms with Gasteiger partial charge in [-0.25, -0.2) is 4.79 Å². The molecule has 0 aromatic heterocycles. The van der Waals surface area contributed by atoms with Crippen LogP contribution in [0.15, 0.2) is 24.3 Å². The number of likely N-dealkylation sites (tertiary alicyclic amines) is 3. The highest BCUT2D eigenvalue weighted by Crippen LogP contribution is 2.25. The summed E-state index contributed by atoms with van der Waals surface area (Å²) < 4.78 is 0. The van der Waals surface area contributed by atoms with Crippen LogP contribution in [-0.4, -0.2) is 165 Å². The number of nitrogens with one attached hydrogen (secondary N) is 4. The van der Waals surface area contributed by atoms with Crippen LogP contribution < -0.4 is 32.7 Å². The molecule has 11 N–H and O–H groups in total. The number of aliphatic hydroxyl groups is 1. The van der Waals surface area contributed by atoms with Gasteiger partial charge in [0.25, 0.3) is 0 Å². The van der Waals surface area contributed by atoms with Crippen molar-refractivity contribution in [2.24, 2.45) is 11.5 Å². The first kappa shape index (κ1) is 46.7. The van der Waals surface area contributed by atoms with Gasteiger partial charge in [-0.3, -0.25) is 33.6 Å². The minimum Gasteiger partial charge on any atom is -0.508 e. The van der Waals surface area contributed by atoms with Crippen LogP contribution in [-0.2, 0) is 44.8 Å². The first-order chi connectivity index (χ1) is 28.2. The number of hydrogen-bond acceptors (Lipinski definition) is 13. The first-order valence-electron chi connectivity index (χ1n) is 20.0. The molecule has 7 amide bonds. The number of aliphatic carboxylic acids is 1. The van der Waals surface area contributed by atoms with Crippen molar-refractivity contribution in [3.63, 3.8) is 0 Å². The number of nitrogens with zero attached hydrogens (tertiary/aromatic N) is 3. The van der Waals surface area contributed by atoms with Crippen molar-refractivity contribution in [2.75, 3.05) is 45.1 Å². The van der Waals surface area contributed by atoms with Crippen molar-refractivity contribution in [3.05, 3.63) is 29.8 Å². The van der Waals surface area contributed by atoms with Gasteiger partial charge in [0.1, 0.15) is 42.0 Å². The Labute approximate surface area is 347 Å². The van der Waals surface area contributed by atoms with Crippen molar-refractivity contribution >= 4 is 59.9 Å². The molecular formula is C38H57N9O11S. The van der Waals surface area contributed by atoms with Gasteiger partial charge in [-0.1, -0.05) is 18.6 Å². The Balaban J connectivity index is 1.35. The highest BCUT2D eigenvalue weighted by atomic mass is 32.1. The molecule has 3 aliphatic heterocycles. The predicted octanol–water partition coefficient (Wildman–Crippen LogP) is -3.06. The largest absolute Gasteiger partial charge is 0.508 e. The zero-order valence-electron chi connectivity index (χ0n) is 32.9. The third-order valence-corrected chi connectivity index (χ3v) is 11.2. The lowest BCUT2D eigenvalue weighted by molar-refractivity contribution is -0.149. The number of unbranched alkanes of at least 4 members (excludes halogenated alkanes) is 1. The van der Waals surface area contributed by atoms with E-state index in [-0.39, 0.29) is 50.4 Å². The zero-order valence-corrected chi connectivity index (χ0v) is 33.8. The molecule has 3 saturated heterocycles. The average molecular weight is 848 g/mol. The minimum atomic E-state index is -1.51. The number of benzene rings is 1. The number of hydrogen-bond donors (Lipinski definition) is 10. The Kier molecular flexibility index (Phi) is 17.7. The molecular weight excluding hydrogens is 791 g/mol. The molecule has 0 saturated carbocycles. The number of nitrogens with two attached hydrogens (primary N) is 2. The highest BCUT2D eigenvalue weighted by molar-refractivity contribution is 7.80. The number of amides is 7. The Morgan fingerprint density at radius 2 is 1.37 bits per heavy atom. The van der Waals surface area contributed by atoms with Gasteiger partial charge in [-0.2, -0.15) is 12.6 Å². The second-order valence-electron chi connectivity index (χ2n) is 15.0. The third kappa shape index (κ3) is 12.5. The quantitative estimate of drug-likeness (QED) is 0.0461. The van der Waals surface area contributed by atoms with E-state index < -0.39 is 103 Å². The number of aliphatic hydroxyl groups excluding tert-OH is 1. The van der Waals surface area contributed by atoms with E-state index in [1.54, 1.807) is 12.1 Å². The molecule has 0 aliphatic carbocycles. The minimum absolute atomic E-state index is 0.0171. The summed E-state index contributed by atoms with van der Waals surface area (Å²) in [6, 6.07) is -1.70. The second-order valence-corrected chi connectivity index (χ2v) is 15.4. The molecule has 0 spiro atoms. The van der Waals surface area contributed by atoms with Crippen LogP contribution in [0.2, 0.25) is 0 Å². The van der Waals surface area contributed by atoms with Crippen LogP contribution in [0.3, 0.4) is 0 Å². The maximum Gasteiger partial charge on any atom is 0.326 e. The lowest BCUT2D eigenvalue weighted by Crippen LogP contribution is -2.59. The summed E-state index contributed by atoms with van der Waals surface area (Å²) in [5.41, 5.74) is 12.2. The number of carbonyl (C=O) groups excluding carboxylic acids is 7. The standard InChI is InChI=1S/C38H57N9O11S/c39-14-2-1-6-24(40)32(51)42-25(18-22-10-12-23(49)13-11-22)33(52)41-19-31(50)45-15-4-8-29(45)37(56)46-16-3-7-28(46)35(54)43-26(20-48)34(53)44-27(21-59)36(55)47-17-5-9-30(47)38(57)58/h10-13,24-30,48-49,59H,1-9,14-21,39-40H2,(H,41,52)(H,42,51)(H,43,54)(H,44,53)(H,57,58)/t24-,25-,26-,27-,28-,29-,30-/m0/s1. The second kappa shape index (κ2) is 22.4. The van der Waals surface area contributed by atoms with Crippen LogP contribution in [0, 0.1) is 0 Å². The van der Waals surface area contributed by atoms with E-state index in [2.05, 4.69) is 33.9 Å². The van der Waals surface area contributed by atoms with Crippen molar-refractivity contribution < 1.29 is 53.7 Å². The van der Waals surface area contributed by atoms with Crippen LogP contribution in [0.4, 0.5) is 0 Å². The predicted molar refractivity (Wildman–Crippen MR) is 214 cm³/mol. The van der Waals surface area contributed by atoms with Crippen molar-refractivity contribution in [3.8, 4) is 5.75 Å². The van der Waals surface area contributed by atoms with Gasteiger partial charge >= 0.3 is 5.97 Å². The number of rotatable bonds is 20. The van der Waals surface area contributed by atoms with Crippen LogP contribution >= 0.6 is 12.6 Å². The fourth-order valence-corrected chi connectivity index (χ4v) is 7.85. The first-order valence-corrected chi connectivity index (χ1v) is 20.6. The zero-order chi connectivity index (χ0) is 43.2. The molecule has 3 aliphatic rings. The van der Waals surface area contributed by atoms with Crippen LogP contribution in [0.25, 0.3) is 0 Å². The Morgan fingerprint density at radius 3 is 2.00 bits per heavy atom. The Bertz CT molecular complexity index is 1690. The average Bonchev–Trinajstić information content (AvgIpc) is 4.03. The molecule has 1 aromatic carbocycles. The van der Waals surface area contributed by atoms with Crippen molar-refractivity contribution in [1.82, 2.24) is 36.0 Å². The van der Waals surface area contributed by atoms with Gasteiger partial charge in [0.05, 0.1) is 19.2 Å². The number of carboxylic acid groups (broad SMARTS) is 1. The SMILES string of the molecule is NCCCC[C@H](N)C(=O)N[C@@H](Cc1ccc(O)cc1)C(=O)NCC(=O)N1CCC[C@H]1C(=O)N1CCC[C@H]1C(=O)N[C@@H](CO)C(=O)N[C@@H](CS)C(=O)N1CCC[C@H]1C(=O)O. The molecule has 7 atom stereocenters. The van der Waals surface area contributed by atoms with Gasteiger partial charge in [-0.05, 0) is 75.6 Å². The smallest absolute Gasteiger partial charge is 0.326 e. The summed E-state index contributed by atoms with van der Waals surface area (Å²) in [7, 11) is 0. The summed E-state index contributed by atoms with van der Waals surface area (Å²) >= 11 is 4.14. The summed E-state index contributed by atoms with van der Waals surface area (Å²) in [6.07, 6.45) is 3.87. The van der Waals surface area contributed by atoms with Gasteiger partial charge in [0.2, 0.25) is 41.4 Å². The van der Waals surface area contributed by atoms with Gasteiger partial charge in [0, 0.05) is 31.8 Å². The van der Waals surface area contributed by atoms with Crippen LogP contribution in [0.5, 0.6) is 5.75 Å². The Hall–Kier alpha value is -4.99. The summed E-state index contributed by atoms with van der Waals surface area (Å²) in [4.78, 5) is 109. The molecule has 20 nitrogen and oxygen atoms in total. The maximum atomic E-state index is 13.9. The molecule has 4 rings (SSSR count). The Morgan fingerprint density at radius 1 is 0.763 bits per heavy atom. The molecule has 59 heavy (non-hydrogen) atoms. The molecule has 3 heterocycles. The van der Waals surface area contributed by atoms with E-state index in [0.717, 1.165) is 4.90 Å². The number of phenols is 1. The van der Waals surface area contributed by atoms with Crippen molar-refractivity contribution in [1.29, 1.82) is 0 Å². The fraction of sp³-hybridized carbons (Fsp3) is 0.632. The summed E-state index contributed by atoms with van der Waals surface area (Å²) in [6.45, 7) is -0.302. The van der Waals surface area contributed by atoms with Gasteiger partial charge < -0.3 is 62.8 Å². The molecule has 1 aromatic rings. The van der Waals surface area contributed by atoms with Crippen molar-refractivity contribution in [2.45, 2.75) is 107 Å².